The summed E-state index contributed by atoms with van der Waals surface area (Å²) in [5, 5.41) is 16.6. The summed E-state index contributed by atoms with van der Waals surface area (Å²) in [7, 11) is 1.64. The summed E-state index contributed by atoms with van der Waals surface area (Å²) in [5.74, 6) is 0. The number of benzene rings is 1. The molecule has 0 radical (unpaired) electrons. The molecule has 2 aromatic heterocycles. The van der Waals surface area contributed by atoms with E-state index < -0.39 is 6.10 Å². The number of aliphatic hydroxyl groups is 1. The number of hydrogen-bond acceptors (Lipinski definition) is 5. The largest absolute Gasteiger partial charge is 0.390 e. The van der Waals surface area contributed by atoms with Crippen LogP contribution in [0.1, 0.15) is 42.8 Å². The summed E-state index contributed by atoms with van der Waals surface area (Å²) in [4.78, 5) is 4.96. The standard InChI is InChI=1S/C20H21Cl2N3O2S/c1-12(2)25-20(28-16-9-14(21)8-15(22)10-16)18(17(11-26)24-25)19(27-3)13-4-6-23-7-5-13/h4-10,12,19,26H,11H2,1-3H3. The highest BCUT2D eigenvalue weighted by Crippen LogP contribution is 2.41. The Bertz CT molecular complexity index is 928. The van der Waals surface area contributed by atoms with E-state index in [-0.39, 0.29) is 12.6 Å². The van der Waals surface area contributed by atoms with E-state index in [1.807, 2.05) is 42.8 Å². The third-order valence-electron chi connectivity index (χ3n) is 4.17. The van der Waals surface area contributed by atoms with Gasteiger partial charge in [0.25, 0.3) is 0 Å². The SMILES string of the molecule is COC(c1ccncc1)c1c(CO)nn(C(C)C)c1Sc1cc(Cl)cc(Cl)c1. The third kappa shape index (κ3) is 4.53. The summed E-state index contributed by atoms with van der Waals surface area (Å²) < 4.78 is 7.72. The molecule has 0 fully saturated rings. The molecule has 8 heteroatoms. The van der Waals surface area contributed by atoms with Crippen molar-refractivity contribution in [2.24, 2.45) is 0 Å². The number of methoxy groups -OCH3 is 1. The minimum absolute atomic E-state index is 0.0890. The van der Waals surface area contributed by atoms with Gasteiger partial charge in [-0.2, -0.15) is 5.10 Å². The minimum Gasteiger partial charge on any atom is -0.390 e. The van der Waals surface area contributed by atoms with Crippen molar-refractivity contribution in [3.63, 3.8) is 0 Å². The molecule has 148 valence electrons. The Balaban J connectivity index is 2.17. The predicted octanol–water partition coefficient (Wildman–Crippen LogP) is 5.55. The van der Waals surface area contributed by atoms with Gasteiger partial charge in [0.1, 0.15) is 11.1 Å². The number of halogens is 2. The summed E-state index contributed by atoms with van der Waals surface area (Å²) in [6.07, 6.45) is 3.04. The number of nitrogens with zero attached hydrogens (tertiary/aromatic N) is 3. The molecule has 0 bridgehead atoms. The number of aliphatic hydroxyl groups excluding tert-OH is 1. The second kappa shape index (κ2) is 9.29. The lowest BCUT2D eigenvalue weighted by Gasteiger charge is -2.19. The molecule has 0 aliphatic heterocycles. The molecule has 0 saturated heterocycles. The number of aromatic nitrogens is 3. The molecule has 3 rings (SSSR count). The smallest absolute Gasteiger partial charge is 0.112 e. The van der Waals surface area contributed by atoms with Crippen LogP contribution in [0.15, 0.2) is 52.6 Å². The van der Waals surface area contributed by atoms with E-state index in [1.54, 1.807) is 25.6 Å². The van der Waals surface area contributed by atoms with E-state index in [1.165, 1.54) is 11.8 Å². The Labute approximate surface area is 178 Å². The average molecular weight is 438 g/mol. The quantitative estimate of drug-likeness (QED) is 0.525. The molecular formula is C20H21Cl2N3O2S. The molecule has 0 spiro atoms. The van der Waals surface area contributed by atoms with Crippen LogP contribution in [0.25, 0.3) is 0 Å². The van der Waals surface area contributed by atoms with Crippen molar-refractivity contribution in [3.05, 3.63) is 69.6 Å². The molecular weight excluding hydrogens is 417 g/mol. The Morgan fingerprint density at radius 1 is 1.14 bits per heavy atom. The molecule has 5 nitrogen and oxygen atoms in total. The van der Waals surface area contributed by atoms with E-state index in [2.05, 4.69) is 10.1 Å². The van der Waals surface area contributed by atoms with Crippen LogP contribution < -0.4 is 0 Å². The third-order valence-corrected chi connectivity index (χ3v) is 5.68. The van der Waals surface area contributed by atoms with E-state index in [4.69, 9.17) is 27.9 Å². The number of rotatable bonds is 7. The van der Waals surface area contributed by atoms with Gasteiger partial charge in [0.05, 0.1) is 12.3 Å². The summed E-state index contributed by atoms with van der Waals surface area (Å²) >= 11 is 13.9. The van der Waals surface area contributed by atoms with Crippen molar-refractivity contribution >= 4 is 35.0 Å². The first kappa shape index (κ1) is 21.1. The highest BCUT2D eigenvalue weighted by molar-refractivity contribution is 7.99. The van der Waals surface area contributed by atoms with Gasteiger partial charge < -0.3 is 9.84 Å². The van der Waals surface area contributed by atoms with Gasteiger partial charge in [0.2, 0.25) is 0 Å². The molecule has 3 aromatic rings. The zero-order valence-corrected chi connectivity index (χ0v) is 18.1. The van der Waals surface area contributed by atoms with Gasteiger partial charge in [-0.15, -0.1) is 0 Å². The zero-order chi connectivity index (χ0) is 20.3. The zero-order valence-electron chi connectivity index (χ0n) is 15.8. The monoisotopic (exact) mass is 437 g/mol. The fourth-order valence-electron chi connectivity index (χ4n) is 2.97. The molecule has 0 aliphatic rings. The first-order valence-corrected chi connectivity index (χ1v) is 10.3. The number of hydrogen-bond donors (Lipinski definition) is 1. The molecule has 1 unspecified atom stereocenters. The minimum atomic E-state index is -0.394. The Kier molecular flexibility index (Phi) is 7.01. The molecule has 1 aromatic carbocycles. The van der Waals surface area contributed by atoms with E-state index in [0.717, 1.165) is 21.0 Å². The van der Waals surface area contributed by atoms with Crippen molar-refractivity contribution in [2.45, 2.75) is 42.5 Å². The van der Waals surface area contributed by atoms with Crippen molar-refractivity contribution < 1.29 is 9.84 Å². The second-order valence-electron chi connectivity index (χ2n) is 6.47. The first-order chi connectivity index (χ1) is 13.4. The fourth-order valence-corrected chi connectivity index (χ4v) is 4.90. The summed E-state index contributed by atoms with van der Waals surface area (Å²) in [6, 6.07) is 9.28. The van der Waals surface area contributed by atoms with Crippen molar-refractivity contribution in [2.75, 3.05) is 7.11 Å². The molecule has 28 heavy (non-hydrogen) atoms. The van der Waals surface area contributed by atoms with Crippen molar-refractivity contribution in [1.29, 1.82) is 0 Å². The van der Waals surface area contributed by atoms with Gasteiger partial charge in [-0.3, -0.25) is 9.67 Å². The van der Waals surface area contributed by atoms with Gasteiger partial charge in [-0.05, 0) is 49.7 Å². The maximum absolute atomic E-state index is 9.99. The van der Waals surface area contributed by atoms with Crippen LogP contribution >= 0.6 is 35.0 Å². The first-order valence-electron chi connectivity index (χ1n) is 8.73. The normalized spacial score (nSPS) is 12.5. The maximum Gasteiger partial charge on any atom is 0.112 e. The number of ether oxygens (including phenoxy) is 1. The van der Waals surface area contributed by atoms with Crippen molar-refractivity contribution in [3.8, 4) is 0 Å². The van der Waals surface area contributed by atoms with Crippen LogP contribution in [-0.4, -0.2) is 27.0 Å². The van der Waals surface area contributed by atoms with Crippen LogP contribution in [0.3, 0.4) is 0 Å². The predicted molar refractivity (Wildman–Crippen MR) is 112 cm³/mol. The lowest BCUT2D eigenvalue weighted by atomic mass is 10.0. The Morgan fingerprint density at radius 3 is 2.32 bits per heavy atom. The molecule has 1 N–H and O–H groups in total. The maximum atomic E-state index is 9.99. The van der Waals surface area contributed by atoms with E-state index >= 15 is 0 Å². The Hall–Kier alpha value is -1.57. The molecule has 1 atom stereocenters. The lowest BCUT2D eigenvalue weighted by Crippen LogP contribution is -2.08. The highest BCUT2D eigenvalue weighted by Gasteiger charge is 2.28. The second-order valence-corrected chi connectivity index (χ2v) is 8.40. The van der Waals surface area contributed by atoms with Crippen LogP contribution in [0.5, 0.6) is 0 Å². The average Bonchev–Trinajstić information content (AvgIpc) is 3.01. The Morgan fingerprint density at radius 2 is 1.79 bits per heavy atom. The highest BCUT2D eigenvalue weighted by atomic mass is 35.5. The van der Waals surface area contributed by atoms with Crippen LogP contribution in [0.4, 0.5) is 0 Å². The van der Waals surface area contributed by atoms with E-state index in [0.29, 0.717) is 15.7 Å². The molecule has 0 saturated carbocycles. The lowest BCUT2D eigenvalue weighted by molar-refractivity contribution is 0.131. The summed E-state index contributed by atoms with van der Waals surface area (Å²) in [5.41, 5.74) is 2.33. The van der Waals surface area contributed by atoms with Gasteiger partial charge in [-0.1, -0.05) is 35.0 Å². The van der Waals surface area contributed by atoms with Crippen molar-refractivity contribution in [1.82, 2.24) is 14.8 Å². The molecule has 0 aliphatic carbocycles. The van der Waals surface area contributed by atoms with Crippen LogP contribution in [0, 0.1) is 0 Å². The molecule has 2 heterocycles. The molecule has 0 amide bonds. The van der Waals surface area contributed by atoms with Gasteiger partial charge in [0, 0.05) is 46.0 Å². The van der Waals surface area contributed by atoms with Gasteiger partial charge in [-0.25, -0.2) is 0 Å². The topological polar surface area (TPSA) is 60.2 Å². The fraction of sp³-hybridized carbons (Fsp3) is 0.300. The van der Waals surface area contributed by atoms with Crippen LogP contribution in [0.2, 0.25) is 10.0 Å². The van der Waals surface area contributed by atoms with Gasteiger partial charge in [0.15, 0.2) is 0 Å². The number of pyridine rings is 1. The summed E-state index contributed by atoms with van der Waals surface area (Å²) in [6.45, 7) is 3.90. The van der Waals surface area contributed by atoms with Gasteiger partial charge >= 0.3 is 0 Å². The van der Waals surface area contributed by atoms with E-state index in [9.17, 15) is 5.11 Å². The van der Waals surface area contributed by atoms with Crippen LogP contribution in [-0.2, 0) is 11.3 Å².